The Morgan fingerprint density at radius 3 is 2.77 bits per heavy atom. The van der Waals surface area contributed by atoms with Gasteiger partial charge in [-0.1, -0.05) is 0 Å². The molecule has 3 aromatic rings. The Morgan fingerprint density at radius 2 is 2.09 bits per heavy atom. The van der Waals surface area contributed by atoms with Crippen molar-refractivity contribution < 1.29 is 9.21 Å². The van der Waals surface area contributed by atoms with Gasteiger partial charge in [-0.05, 0) is 41.4 Å². The zero-order valence-corrected chi connectivity index (χ0v) is 13.4. The van der Waals surface area contributed by atoms with Gasteiger partial charge in [-0.25, -0.2) is 9.97 Å². The van der Waals surface area contributed by atoms with Gasteiger partial charge in [0.1, 0.15) is 17.4 Å². The van der Waals surface area contributed by atoms with E-state index in [1.54, 1.807) is 9.19 Å². The first-order chi connectivity index (χ1) is 10.6. The van der Waals surface area contributed by atoms with Crippen molar-refractivity contribution in [2.75, 3.05) is 11.3 Å². The molecule has 7 nitrogen and oxygen atoms in total. The van der Waals surface area contributed by atoms with Crippen LogP contribution in [0.25, 0.3) is 17.2 Å². The summed E-state index contributed by atoms with van der Waals surface area (Å²) in [7, 11) is 0.329. The predicted octanol–water partition coefficient (Wildman–Crippen LogP) is 2.11. The first-order valence-electron chi connectivity index (χ1n) is 6.92. The highest BCUT2D eigenvalue weighted by atomic mass is 31.1. The van der Waals surface area contributed by atoms with Crippen molar-refractivity contribution in [3.8, 4) is 11.6 Å². The SMILES string of the molecule is CPN1C(=O)Cc2c1nc(-c1ccc(C)o1)n1nc(C)nc21. The molecule has 1 aliphatic heterocycles. The minimum Gasteiger partial charge on any atom is -0.458 e. The van der Waals surface area contributed by atoms with Gasteiger partial charge in [0.25, 0.3) is 0 Å². The molecule has 0 radical (unpaired) electrons. The summed E-state index contributed by atoms with van der Waals surface area (Å²) in [4.78, 5) is 21.3. The Balaban J connectivity index is 2.06. The maximum absolute atomic E-state index is 12.2. The molecule has 1 unspecified atom stereocenters. The molecule has 0 saturated carbocycles. The van der Waals surface area contributed by atoms with Gasteiger partial charge in [-0.2, -0.15) is 4.52 Å². The van der Waals surface area contributed by atoms with Crippen LogP contribution in [0.5, 0.6) is 0 Å². The highest BCUT2D eigenvalue weighted by Crippen LogP contribution is 2.37. The molecule has 0 bridgehead atoms. The molecule has 0 saturated heterocycles. The second kappa shape index (κ2) is 4.61. The third kappa shape index (κ3) is 1.78. The molecule has 0 spiro atoms. The van der Waals surface area contributed by atoms with Crippen LogP contribution >= 0.6 is 8.73 Å². The van der Waals surface area contributed by atoms with E-state index in [1.807, 2.05) is 32.6 Å². The van der Waals surface area contributed by atoms with E-state index < -0.39 is 0 Å². The number of hydrogen-bond acceptors (Lipinski definition) is 5. The van der Waals surface area contributed by atoms with E-state index in [2.05, 4.69) is 15.1 Å². The third-order valence-electron chi connectivity index (χ3n) is 3.64. The van der Waals surface area contributed by atoms with Crippen LogP contribution in [0.2, 0.25) is 0 Å². The minimum atomic E-state index is 0.0543. The summed E-state index contributed by atoms with van der Waals surface area (Å²) in [5.41, 5.74) is 1.52. The van der Waals surface area contributed by atoms with Gasteiger partial charge in [-0.15, -0.1) is 5.10 Å². The van der Waals surface area contributed by atoms with Gasteiger partial charge in [0.05, 0.1) is 6.42 Å². The van der Waals surface area contributed by atoms with Crippen LogP contribution in [0.4, 0.5) is 5.82 Å². The first-order valence-corrected chi connectivity index (χ1v) is 8.36. The summed E-state index contributed by atoms with van der Waals surface area (Å²) in [5, 5.41) is 4.41. The number of fused-ring (bicyclic) bond motifs is 3. The van der Waals surface area contributed by atoms with Crippen molar-refractivity contribution in [1.82, 2.24) is 19.6 Å². The largest absolute Gasteiger partial charge is 0.458 e. The molecular formula is C14H14N5O2P. The van der Waals surface area contributed by atoms with Crippen LogP contribution < -0.4 is 4.67 Å². The second-order valence-corrected chi connectivity index (χ2v) is 6.07. The maximum Gasteiger partial charge on any atom is 0.235 e. The topological polar surface area (TPSA) is 76.5 Å². The number of furan rings is 1. The summed E-state index contributed by atoms with van der Waals surface area (Å²) >= 11 is 0. The number of carbonyl (C=O) groups excluding carboxylic acids is 1. The van der Waals surface area contributed by atoms with E-state index in [0.29, 0.717) is 44.0 Å². The van der Waals surface area contributed by atoms with Gasteiger partial charge in [-0.3, -0.25) is 9.46 Å². The van der Waals surface area contributed by atoms with Crippen molar-refractivity contribution >= 4 is 26.1 Å². The Labute approximate surface area is 128 Å². The number of hydrogen-bond donors (Lipinski definition) is 0. The zero-order valence-electron chi connectivity index (χ0n) is 12.4. The van der Waals surface area contributed by atoms with Gasteiger partial charge in [0.2, 0.25) is 11.7 Å². The standard InChI is InChI=1S/C14H14N5O2P/c1-7-4-5-10(21-7)14-16-13-9(6-11(20)19(13)22-3)12-15-8(2)17-18(12)14/h4-5,22H,6H2,1-3H3. The normalized spacial score (nSPS) is 14.7. The quantitative estimate of drug-likeness (QED) is 0.677. The number of nitrogens with zero attached hydrogens (tertiary/aromatic N) is 5. The predicted molar refractivity (Wildman–Crippen MR) is 83.4 cm³/mol. The van der Waals surface area contributed by atoms with Gasteiger partial charge in [0, 0.05) is 5.56 Å². The van der Waals surface area contributed by atoms with Crippen molar-refractivity contribution in [3.05, 3.63) is 29.3 Å². The highest BCUT2D eigenvalue weighted by molar-refractivity contribution is 7.40. The maximum atomic E-state index is 12.2. The van der Waals surface area contributed by atoms with E-state index in [0.717, 1.165) is 11.3 Å². The molecule has 22 heavy (non-hydrogen) atoms. The smallest absolute Gasteiger partial charge is 0.235 e. The van der Waals surface area contributed by atoms with Crippen LogP contribution in [0.3, 0.4) is 0 Å². The van der Waals surface area contributed by atoms with Crippen molar-refractivity contribution in [2.45, 2.75) is 20.3 Å². The van der Waals surface area contributed by atoms with E-state index in [-0.39, 0.29) is 5.91 Å². The molecule has 0 aliphatic carbocycles. The molecular weight excluding hydrogens is 301 g/mol. The van der Waals surface area contributed by atoms with Gasteiger partial charge in [0.15, 0.2) is 11.4 Å². The molecule has 0 N–H and O–H groups in total. The van der Waals surface area contributed by atoms with E-state index in [9.17, 15) is 4.79 Å². The Morgan fingerprint density at radius 1 is 1.27 bits per heavy atom. The number of carbonyl (C=O) groups is 1. The van der Waals surface area contributed by atoms with Crippen LogP contribution in [0.15, 0.2) is 16.5 Å². The zero-order chi connectivity index (χ0) is 15.4. The fourth-order valence-electron chi connectivity index (χ4n) is 2.71. The molecule has 8 heteroatoms. The molecule has 1 amide bonds. The monoisotopic (exact) mass is 315 g/mol. The minimum absolute atomic E-state index is 0.0543. The molecule has 112 valence electrons. The van der Waals surface area contributed by atoms with Gasteiger partial charge >= 0.3 is 0 Å². The average Bonchev–Trinajstić information content (AvgIpc) is 3.14. The Hall–Kier alpha value is -2.27. The van der Waals surface area contributed by atoms with Crippen LogP contribution in [0, 0.1) is 13.8 Å². The van der Waals surface area contributed by atoms with Crippen molar-refractivity contribution in [2.24, 2.45) is 0 Å². The number of aromatic nitrogens is 4. The van der Waals surface area contributed by atoms with E-state index in [1.165, 1.54) is 0 Å². The highest BCUT2D eigenvalue weighted by Gasteiger charge is 2.33. The summed E-state index contributed by atoms with van der Waals surface area (Å²) in [6, 6.07) is 3.74. The lowest BCUT2D eigenvalue weighted by Crippen LogP contribution is -2.17. The Kier molecular flexibility index (Phi) is 2.81. The molecule has 1 atom stereocenters. The first kappa shape index (κ1) is 13.4. The lowest BCUT2D eigenvalue weighted by Gasteiger charge is -2.14. The molecule has 4 heterocycles. The fraction of sp³-hybridized carbons (Fsp3) is 0.286. The Bertz CT molecular complexity index is 913. The number of rotatable bonds is 2. The summed E-state index contributed by atoms with van der Waals surface area (Å²) in [6.07, 6.45) is 0.322. The van der Waals surface area contributed by atoms with Crippen molar-refractivity contribution in [3.63, 3.8) is 0 Å². The number of anilines is 1. The average molecular weight is 315 g/mol. The van der Waals surface area contributed by atoms with Crippen LogP contribution in [-0.2, 0) is 11.2 Å². The lowest BCUT2D eigenvalue weighted by atomic mass is 10.2. The molecule has 4 rings (SSSR count). The second-order valence-electron chi connectivity index (χ2n) is 5.17. The summed E-state index contributed by atoms with van der Waals surface area (Å²) < 4.78 is 9.07. The number of aryl methyl sites for hydroxylation is 2. The molecule has 0 fully saturated rings. The van der Waals surface area contributed by atoms with Crippen LogP contribution in [-0.4, -0.2) is 32.2 Å². The molecule has 1 aliphatic rings. The van der Waals surface area contributed by atoms with Crippen molar-refractivity contribution in [1.29, 1.82) is 0 Å². The molecule has 3 aromatic heterocycles. The lowest BCUT2D eigenvalue weighted by molar-refractivity contribution is -0.116. The number of amides is 1. The summed E-state index contributed by atoms with van der Waals surface area (Å²) in [5.74, 6) is 3.36. The van der Waals surface area contributed by atoms with E-state index in [4.69, 9.17) is 4.42 Å². The van der Waals surface area contributed by atoms with E-state index >= 15 is 0 Å². The van der Waals surface area contributed by atoms with Crippen LogP contribution in [0.1, 0.15) is 17.1 Å². The molecule has 0 aromatic carbocycles. The fourth-order valence-corrected chi connectivity index (χ4v) is 3.43. The summed E-state index contributed by atoms with van der Waals surface area (Å²) in [6.45, 7) is 5.67. The van der Waals surface area contributed by atoms with Gasteiger partial charge < -0.3 is 4.42 Å². The third-order valence-corrected chi connectivity index (χ3v) is 4.55.